The zero-order valence-electron chi connectivity index (χ0n) is 31.9. The molecule has 20 heteroatoms. The third-order valence-corrected chi connectivity index (χ3v) is 9.45. The van der Waals surface area contributed by atoms with E-state index in [1.807, 2.05) is 30.3 Å². The number of benzene rings is 1. The Bertz CT molecular complexity index is 1580. The van der Waals surface area contributed by atoms with E-state index in [1.54, 1.807) is 27.7 Å². The monoisotopic (exact) mass is 808 g/mol. The van der Waals surface area contributed by atoms with Crippen LogP contribution in [0, 0.1) is 11.8 Å². The molecule has 1 fully saturated rings. The molecule has 2 unspecified atom stereocenters. The van der Waals surface area contributed by atoms with Gasteiger partial charge in [-0.3, -0.25) is 38.4 Å². The van der Waals surface area contributed by atoms with E-state index >= 15 is 0 Å². The fourth-order valence-electron chi connectivity index (χ4n) is 5.83. The van der Waals surface area contributed by atoms with Crippen LogP contribution in [-0.2, 0) is 54.5 Å². The lowest BCUT2D eigenvalue weighted by Crippen LogP contribution is -2.61. The Labute approximate surface area is 329 Å². The summed E-state index contributed by atoms with van der Waals surface area (Å²) in [4.78, 5) is 116. The van der Waals surface area contributed by atoms with Crippen LogP contribution in [0.3, 0.4) is 0 Å². The lowest BCUT2D eigenvalue weighted by atomic mass is 9.95. The number of aliphatic carboxylic acids is 3. The maximum atomic E-state index is 14.3. The van der Waals surface area contributed by atoms with Gasteiger partial charge < -0.3 is 51.5 Å². The fraction of sp³-hybridized carbons (Fsp3) is 0.583. The molecule has 8 N–H and O–H groups in total. The first-order valence-electron chi connectivity index (χ1n) is 18.0. The van der Waals surface area contributed by atoms with E-state index in [9.17, 15) is 58.5 Å². The Morgan fingerprint density at radius 3 is 1.84 bits per heavy atom. The molecule has 6 amide bonds. The van der Waals surface area contributed by atoms with Crippen LogP contribution in [0.5, 0.6) is 0 Å². The molecule has 2 rings (SSSR count). The SMILES string of the molecule is CCC(C)[C@H](NC(=O)[C@H](CC(=O)O)NC(=O)[C@H](CC(=O)O)NC(C)=O)C(=O)N[C@H](C(=O)N1C[C@H](OCc2ccccc2)C[C@H]1C(=O)NC(CS)C(=O)O)C(C)C. The van der Waals surface area contributed by atoms with E-state index in [2.05, 4.69) is 39.2 Å². The topological polar surface area (TPSA) is 287 Å². The lowest BCUT2D eigenvalue weighted by Gasteiger charge is -2.33. The molecule has 0 radical (unpaired) electrons. The van der Waals surface area contributed by atoms with Gasteiger partial charge in [0.1, 0.15) is 36.3 Å². The van der Waals surface area contributed by atoms with E-state index in [4.69, 9.17) is 4.74 Å². The number of amides is 6. The second kappa shape index (κ2) is 22.3. The van der Waals surface area contributed by atoms with Crippen molar-refractivity contribution in [2.24, 2.45) is 11.8 Å². The van der Waals surface area contributed by atoms with Crippen LogP contribution >= 0.6 is 12.6 Å². The molecule has 310 valence electrons. The van der Waals surface area contributed by atoms with Crippen molar-refractivity contribution in [3.05, 3.63) is 35.9 Å². The summed E-state index contributed by atoms with van der Waals surface area (Å²) in [6.07, 6.45) is -2.17. The van der Waals surface area contributed by atoms with Crippen LogP contribution < -0.4 is 26.6 Å². The van der Waals surface area contributed by atoms with E-state index in [0.29, 0.717) is 6.42 Å². The van der Waals surface area contributed by atoms with Gasteiger partial charge in [-0.05, 0) is 17.4 Å². The number of carboxylic acid groups (broad SMARTS) is 3. The number of carbonyl (C=O) groups excluding carboxylic acids is 6. The van der Waals surface area contributed by atoms with Crippen molar-refractivity contribution in [1.29, 1.82) is 0 Å². The highest BCUT2D eigenvalue weighted by molar-refractivity contribution is 7.80. The summed E-state index contributed by atoms with van der Waals surface area (Å²) in [5.74, 6) is -11.1. The first kappa shape index (κ1) is 46.9. The first-order valence-corrected chi connectivity index (χ1v) is 18.6. The average molecular weight is 809 g/mol. The Kier molecular flexibility index (Phi) is 18.7. The van der Waals surface area contributed by atoms with Gasteiger partial charge in [-0.25, -0.2) is 4.79 Å². The summed E-state index contributed by atoms with van der Waals surface area (Å²) in [5, 5.41) is 40.0. The van der Waals surface area contributed by atoms with Crippen molar-refractivity contribution in [3.8, 4) is 0 Å². The molecule has 0 aliphatic carbocycles. The average Bonchev–Trinajstić information content (AvgIpc) is 3.56. The minimum atomic E-state index is -1.81. The van der Waals surface area contributed by atoms with Crippen molar-refractivity contribution in [3.63, 3.8) is 0 Å². The predicted octanol–water partition coefficient (Wildman–Crippen LogP) is -0.717. The maximum Gasteiger partial charge on any atom is 0.327 e. The van der Waals surface area contributed by atoms with Crippen molar-refractivity contribution in [2.45, 2.75) is 109 Å². The second-order valence-corrected chi connectivity index (χ2v) is 14.2. The van der Waals surface area contributed by atoms with Gasteiger partial charge in [0.25, 0.3) is 0 Å². The summed E-state index contributed by atoms with van der Waals surface area (Å²) < 4.78 is 6.05. The third-order valence-electron chi connectivity index (χ3n) is 9.08. The van der Waals surface area contributed by atoms with Gasteiger partial charge >= 0.3 is 17.9 Å². The third kappa shape index (κ3) is 14.4. The summed E-state index contributed by atoms with van der Waals surface area (Å²) in [6, 6.07) is 0.496. The van der Waals surface area contributed by atoms with E-state index < -0.39 is 120 Å². The van der Waals surface area contributed by atoms with E-state index in [-0.39, 0.29) is 25.3 Å². The number of likely N-dealkylation sites (tertiary alicyclic amines) is 1. The summed E-state index contributed by atoms with van der Waals surface area (Å²) in [5.41, 5.74) is 0.836. The Balaban J connectivity index is 2.37. The van der Waals surface area contributed by atoms with E-state index in [0.717, 1.165) is 12.5 Å². The van der Waals surface area contributed by atoms with Gasteiger partial charge in [-0.2, -0.15) is 12.6 Å². The van der Waals surface area contributed by atoms with Crippen LogP contribution in [0.15, 0.2) is 30.3 Å². The Morgan fingerprint density at radius 1 is 0.786 bits per heavy atom. The molecule has 0 spiro atoms. The van der Waals surface area contributed by atoms with Gasteiger partial charge in [0, 0.05) is 25.6 Å². The molecule has 0 saturated carbocycles. The molecule has 0 bridgehead atoms. The largest absolute Gasteiger partial charge is 0.481 e. The number of nitrogens with one attached hydrogen (secondary N) is 5. The summed E-state index contributed by atoms with van der Waals surface area (Å²) in [6.45, 7) is 7.70. The summed E-state index contributed by atoms with van der Waals surface area (Å²) >= 11 is 4.00. The normalized spacial score (nSPS) is 18.3. The molecule has 1 heterocycles. The van der Waals surface area contributed by atoms with Crippen LogP contribution in [0.2, 0.25) is 0 Å². The standard InChI is InChI=1S/C36H52N6O13S/c1-6-19(4)30(41-32(49)24(14-28(46)47)38-31(48)23(13-27(44)45)37-20(5)43)34(51)40-29(18(2)3)35(52)42-15-22(55-16-21-10-8-7-9-11-21)12-26(42)33(50)39-25(17-56)36(53)54/h7-11,18-19,22-26,29-30,56H,6,12-17H2,1-5H3,(H,37,43)(H,38,48)(H,39,50)(H,40,51)(H,41,49)(H,44,45)(H,46,47)(H,53,54)/t19?,22-,23+,24+,25?,26+,29+,30+/m1/s1. The molecule has 1 aliphatic rings. The molecule has 0 aromatic heterocycles. The molecule has 56 heavy (non-hydrogen) atoms. The van der Waals surface area contributed by atoms with Crippen LogP contribution in [-0.4, -0.2) is 128 Å². The van der Waals surface area contributed by atoms with Crippen molar-refractivity contribution in [1.82, 2.24) is 31.5 Å². The maximum absolute atomic E-state index is 14.3. The fourth-order valence-corrected chi connectivity index (χ4v) is 6.08. The van der Waals surface area contributed by atoms with Crippen molar-refractivity contribution < 1.29 is 63.2 Å². The number of thiol groups is 1. The minimum Gasteiger partial charge on any atom is -0.481 e. The second-order valence-electron chi connectivity index (χ2n) is 13.9. The Hall–Kier alpha value is -5.24. The van der Waals surface area contributed by atoms with Gasteiger partial charge in [0.05, 0.1) is 25.6 Å². The van der Waals surface area contributed by atoms with E-state index in [1.165, 1.54) is 4.90 Å². The Morgan fingerprint density at radius 2 is 1.34 bits per heavy atom. The van der Waals surface area contributed by atoms with Crippen LogP contribution in [0.1, 0.15) is 65.9 Å². The molecule has 1 aliphatic heterocycles. The molecule has 1 saturated heterocycles. The quantitative estimate of drug-likeness (QED) is 0.0655. The van der Waals surface area contributed by atoms with Gasteiger partial charge in [-0.15, -0.1) is 0 Å². The number of hydrogen-bond acceptors (Lipinski definition) is 11. The number of ether oxygens (including phenoxy) is 1. The molecule has 1 aromatic rings. The molecular formula is C36H52N6O13S. The molecule has 1 aromatic carbocycles. The summed E-state index contributed by atoms with van der Waals surface area (Å²) in [7, 11) is 0. The van der Waals surface area contributed by atoms with Crippen molar-refractivity contribution >= 4 is 66.0 Å². The lowest BCUT2D eigenvalue weighted by molar-refractivity contribution is -0.145. The van der Waals surface area contributed by atoms with Gasteiger partial charge in [0.2, 0.25) is 35.4 Å². The number of carbonyl (C=O) groups is 9. The predicted molar refractivity (Wildman–Crippen MR) is 201 cm³/mol. The number of hydrogen-bond donors (Lipinski definition) is 9. The highest BCUT2D eigenvalue weighted by Crippen LogP contribution is 2.25. The van der Waals surface area contributed by atoms with Gasteiger partial charge in [-0.1, -0.05) is 64.4 Å². The van der Waals surface area contributed by atoms with Gasteiger partial charge in [0.15, 0.2) is 0 Å². The number of nitrogens with zero attached hydrogens (tertiary/aromatic N) is 1. The smallest absolute Gasteiger partial charge is 0.327 e. The highest BCUT2D eigenvalue weighted by atomic mass is 32.1. The van der Waals surface area contributed by atoms with Crippen LogP contribution in [0.25, 0.3) is 0 Å². The molecular weight excluding hydrogens is 756 g/mol. The van der Waals surface area contributed by atoms with Crippen LogP contribution in [0.4, 0.5) is 0 Å². The first-order chi connectivity index (χ1) is 26.3. The number of carboxylic acids is 3. The zero-order valence-corrected chi connectivity index (χ0v) is 32.7. The minimum absolute atomic E-state index is 0.0135. The molecule has 19 nitrogen and oxygen atoms in total. The molecule has 8 atom stereocenters. The zero-order chi connectivity index (χ0) is 42.3. The highest BCUT2D eigenvalue weighted by Gasteiger charge is 2.44. The van der Waals surface area contributed by atoms with Crippen molar-refractivity contribution in [2.75, 3.05) is 12.3 Å². The number of rotatable bonds is 22.